The second-order valence-corrected chi connectivity index (χ2v) is 5.01. The van der Waals surface area contributed by atoms with Crippen LogP contribution in [0.5, 0.6) is 0 Å². The molecule has 1 aliphatic rings. The van der Waals surface area contributed by atoms with Gasteiger partial charge in [-0.15, -0.1) is 0 Å². The van der Waals surface area contributed by atoms with Gasteiger partial charge < -0.3 is 0 Å². The maximum absolute atomic E-state index is 11.9. The molecule has 0 radical (unpaired) electrons. The molecular weight excluding hydrogens is 216 g/mol. The van der Waals surface area contributed by atoms with Crippen LogP contribution in [0, 0.1) is 0 Å². The third-order valence-corrected chi connectivity index (χ3v) is 4.02. The molecule has 0 aromatic heterocycles. The van der Waals surface area contributed by atoms with Crippen molar-refractivity contribution < 1.29 is 4.21 Å². The van der Waals surface area contributed by atoms with Gasteiger partial charge in [0.2, 0.25) is 0 Å². The highest BCUT2D eigenvalue weighted by Crippen LogP contribution is 2.47. The minimum absolute atomic E-state index is 0.905. The highest BCUT2D eigenvalue weighted by Gasteiger charge is 2.34. The third-order valence-electron chi connectivity index (χ3n) is 2.61. The highest BCUT2D eigenvalue weighted by atomic mass is 32.2. The molecule has 2 aromatic carbocycles. The molecule has 2 aromatic rings. The minimum atomic E-state index is -0.905. The largest absolute Gasteiger partial charge is 0.249 e. The predicted octanol–water partition coefficient (Wildman–Crippen LogP) is 3.27. The molecule has 0 N–H and O–H groups in total. The number of rotatable bonds is 2. The Labute approximate surface area is 96.9 Å². The molecule has 1 nitrogen and oxygen atoms in total. The summed E-state index contributed by atoms with van der Waals surface area (Å²) in [4.78, 5) is 1.96. The SMILES string of the molecule is O=S1C(c2ccccc2)=C1c1ccccc1. The van der Waals surface area contributed by atoms with Gasteiger partial charge in [0.25, 0.3) is 0 Å². The fourth-order valence-corrected chi connectivity index (χ4v) is 3.10. The Hall–Kier alpha value is -1.67. The van der Waals surface area contributed by atoms with Gasteiger partial charge >= 0.3 is 0 Å². The van der Waals surface area contributed by atoms with Crippen molar-refractivity contribution in [2.45, 2.75) is 0 Å². The third kappa shape index (κ3) is 1.51. The predicted molar refractivity (Wildman–Crippen MR) is 67.8 cm³/mol. The molecule has 3 rings (SSSR count). The summed E-state index contributed by atoms with van der Waals surface area (Å²) in [7, 11) is -0.905. The Bertz CT molecular complexity index is 519. The minimum Gasteiger partial charge on any atom is -0.249 e. The van der Waals surface area contributed by atoms with Crippen molar-refractivity contribution in [1.82, 2.24) is 0 Å². The van der Waals surface area contributed by atoms with E-state index >= 15 is 0 Å². The number of hydrogen-bond acceptors (Lipinski definition) is 1. The van der Waals surface area contributed by atoms with Crippen LogP contribution in [0.1, 0.15) is 11.1 Å². The summed E-state index contributed by atoms with van der Waals surface area (Å²) >= 11 is 0. The Kier molecular flexibility index (Phi) is 2.22. The van der Waals surface area contributed by atoms with E-state index in [1.165, 1.54) is 0 Å². The van der Waals surface area contributed by atoms with Gasteiger partial charge in [0.15, 0.2) is 0 Å². The molecule has 0 aliphatic carbocycles. The van der Waals surface area contributed by atoms with Gasteiger partial charge in [-0.05, 0) is 11.1 Å². The quantitative estimate of drug-likeness (QED) is 0.768. The number of benzene rings is 2. The molecule has 0 saturated carbocycles. The fourth-order valence-electron chi connectivity index (χ4n) is 1.79. The lowest BCUT2D eigenvalue weighted by atomic mass is 10.1. The topological polar surface area (TPSA) is 17.1 Å². The van der Waals surface area contributed by atoms with Crippen molar-refractivity contribution >= 4 is 20.6 Å². The Balaban J connectivity index is 2.05. The second-order valence-electron chi connectivity index (χ2n) is 3.66. The molecule has 0 atom stereocenters. The average molecular weight is 226 g/mol. The van der Waals surface area contributed by atoms with E-state index in [9.17, 15) is 4.21 Å². The van der Waals surface area contributed by atoms with Crippen LogP contribution in [0.3, 0.4) is 0 Å². The normalized spacial score (nSPS) is 15.2. The lowest BCUT2D eigenvalue weighted by Crippen LogP contribution is -1.72. The Morgan fingerprint density at radius 3 is 1.38 bits per heavy atom. The van der Waals surface area contributed by atoms with E-state index in [-0.39, 0.29) is 0 Å². The van der Waals surface area contributed by atoms with Crippen LogP contribution in [0.4, 0.5) is 0 Å². The molecular formula is C14H10OS. The van der Waals surface area contributed by atoms with Crippen LogP contribution in [-0.2, 0) is 10.8 Å². The molecule has 0 unspecified atom stereocenters. The summed E-state index contributed by atoms with van der Waals surface area (Å²) in [5.41, 5.74) is 2.14. The van der Waals surface area contributed by atoms with Crippen LogP contribution >= 0.6 is 0 Å². The zero-order chi connectivity index (χ0) is 11.0. The van der Waals surface area contributed by atoms with Crippen molar-refractivity contribution in [3.8, 4) is 0 Å². The zero-order valence-electron chi connectivity index (χ0n) is 8.59. The van der Waals surface area contributed by atoms with Crippen LogP contribution in [0.25, 0.3) is 9.81 Å². The Morgan fingerprint density at radius 1 is 0.625 bits per heavy atom. The van der Waals surface area contributed by atoms with Crippen LogP contribution in [0.2, 0.25) is 0 Å². The van der Waals surface area contributed by atoms with Crippen LogP contribution in [0.15, 0.2) is 60.7 Å². The molecule has 1 aliphatic heterocycles. The van der Waals surface area contributed by atoms with Crippen LogP contribution < -0.4 is 0 Å². The van der Waals surface area contributed by atoms with E-state index in [2.05, 4.69) is 0 Å². The zero-order valence-corrected chi connectivity index (χ0v) is 9.41. The summed E-state index contributed by atoms with van der Waals surface area (Å²) in [6.45, 7) is 0. The maximum Gasteiger partial charge on any atom is 0.0887 e. The van der Waals surface area contributed by atoms with E-state index in [1.54, 1.807) is 0 Å². The van der Waals surface area contributed by atoms with Gasteiger partial charge in [-0.2, -0.15) is 0 Å². The molecule has 2 heteroatoms. The van der Waals surface area contributed by atoms with Gasteiger partial charge in [0, 0.05) is 0 Å². The van der Waals surface area contributed by atoms with E-state index in [4.69, 9.17) is 0 Å². The summed E-state index contributed by atoms with van der Waals surface area (Å²) < 4.78 is 11.9. The van der Waals surface area contributed by atoms with Crippen molar-refractivity contribution in [2.24, 2.45) is 0 Å². The van der Waals surface area contributed by atoms with Crippen molar-refractivity contribution in [3.63, 3.8) is 0 Å². The first-order chi connectivity index (χ1) is 7.88. The van der Waals surface area contributed by atoms with Crippen molar-refractivity contribution in [2.75, 3.05) is 0 Å². The summed E-state index contributed by atoms with van der Waals surface area (Å²) in [6, 6.07) is 19.8. The molecule has 0 spiro atoms. The van der Waals surface area contributed by atoms with Gasteiger partial charge in [0.1, 0.15) is 0 Å². The van der Waals surface area contributed by atoms with E-state index < -0.39 is 10.8 Å². The first kappa shape index (κ1) is 9.55. The van der Waals surface area contributed by atoms with Crippen LogP contribution in [-0.4, -0.2) is 4.21 Å². The standard InChI is InChI=1S/C14H10OS/c15-16-13(11-7-3-1-4-8-11)14(16)12-9-5-2-6-10-12/h1-10H. The number of hydrogen-bond donors (Lipinski definition) is 0. The maximum atomic E-state index is 11.9. The van der Waals surface area contributed by atoms with E-state index in [0.29, 0.717) is 0 Å². The van der Waals surface area contributed by atoms with E-state index in [1.807, 2.05) is 60.7 Å². The summed E-state index contributed by atoms with van der Waals surface area (Å²) in [6.07, 6.45) is 0. The van der Waals surface area contributed by atoms with Gasteiger partial charge in [-0.25, -0.2) is 4.21 Å². The lowest BCUT2D eigenvalue weighted by Gasteiger charge is -1.89. The first-order valence-corrected chi connectivity index (χ1v) is 6.30. The monoisotopic (exact) mass is 226 g/mol. The molecule has 0 fully saturated rings. The first-order valence-electron chi connectivity index (χ1n) is 5.15. The van der Waals surface area contributed by atoms with Crippen molar-refractivity contribution in [3.05, 3.63) is 71.8 Å². The summed E-state index contributed by atoms with van der Waals surface area (Å²) in [5.74, 6) is 0. The summed E-state index contributed by atoms with van der Waals surface area (Å²) in [5, 5.41) is 0. The molecule has 1 heterocycles. The van der Waals surface area contributed by atoms with Gasteiger partial charge in [-0.1, -0.05) is 60.7 Å². The molecule has 0 saturated heterocycles. The van der Waals surface area contributed by atoms with E-state index in [0.717, 1.165) is 20.9 Å². The highest BCUT2D eigenvalue weighted by molar-refractivity contribution is 8.13. The van der Waals surface area contributed by atoms with Crippen molar-refractivity contribution in [1.29, 1.82) is 0 Å². The smallest absolute Gasteiger partial charge is 0.0887 e. The van der Waals surface area contributed by atoms with Gasteiger partial charge in [-0.3, -0.25) is 0 Å². The molecule has 16 heavy (non-hydrogen) atoms. The fraction of sp³-hybridized carbons (Fsp3) is 0. The lowest BCUT2D eigenvalue weighted by molar-refractivity contribution is 0.696. The second kappa shape index (κ2) is 3.72. The molecule has 0 bridgehead atoms. The Morgan fingerprint density at radius 2 is 1.00 bits per heavy atom. The average Bonchev–Trinajstić information content (AvgIpc) is 3.03. The molecule has 0 amide bonds. The molecule has 78 valence electrons. The van der Waals surface area contributed by atoms with Gasteiger partial charge in [0.05, 0.1) is 20.6 Å².